The third-order valence-electron chi connectivity index (χ3n) is 9.62. The van der Waals surface area contributed by atoms with Gasteiger partial charge >= 0.3 is 0 Å². The second-order valence-electron chi connectivity index (χ2n) is 12.6. The molecule has 2 aliphatic heterocycles. The van der Waals surface area contributed by atoms with E-state index in [0.29, 0.717) is 0 Å². The van der Waals surface area contributed by atoms with Crippen LogP contribution in [0.3, 0.4) is 0 Å². The number of hydrogen-bond donors (Lipinski definition) is 0. The number of benzene rings is 8. The van der Waals surface area contributed by atoms with Gasteiger partial charge < -0.3 is 9.47 Å². The SMILES string of the molecule is c1ccc(-c2ccc(-c3ccc4c(c3)Oc3cc(-c5ccc6ccccc6c5)cc5c3N4c3ccc(-c4ccccc4)cc3O5)cc2)cc1. The fourth-order valence-electron chi connectivity index (χ4n) is 7.14. The lowest BCUT2D eigenvalue weighted by atomic mass is 9.97. The molecule has 0 fully saturated rings. The van der Waals surface area contributed by atoms with E-state index in [-0.39, 0.29) is 0 Å². The fourth-order valence-corrected chi connectivity index (χ4v) is 7.14. The predicted octanol–water partition coefficient (Wildman–Crippen LogP) is 13.2. The standard InChI is InChI=1S/C46H29NO2/c1-3-9-30(10-4-1)33-15-17-34(18-16-33)38-22-24-41-43(27-38)49-45-29-39(36-20-19-32-13-7-8-14-35(32)25-36)28-44-46(45)47(41)40-23-21-37(26-42(40)48-44)31-11-5-2-6-12-31/h1-29H. The number of nitrogens with zero attached hydrogens (tertiary/aromatic N) is 1. The first-order valence-electron chi connectivity index (χ1n) is 16.6. The molecule has 0 atom stereocenters. The monoisotopic (exact) mass is 627 g/mol. The van der Waals surface area contributed by atoms with Crippen LogP contribution in [0, 0.1) is 0 Å². The Morgan fingerprint density at radius 1 is 0.286 bits per heavy atom. The zero-order valence-corrected chi connectivity index (χ0v) is 26.5. The lowest BCUT2D eigenvalue weighted by Crippen LogP contribution is -2.20. The van der Waals surface area contributed by atoms with Crippen LogP contribution in [0.1, 0.15) is 0 Å². The molecule has 0 saturated heterocycles. The highest BCUT2D eigenvalue weighted by molar-refractivity contribution is 5.97. The molecule has 0 saturated carbocycles. The Hall–Kier alpha value is -6.58. The molecule has 0 spiro atoms. The smallest absolute Gasteiger partial charge is 0.156 e. The molecule has 2 aliphatic rings. The summed E-state index contributed by atoms with van der Waals surface area (Å²) >= 11 is 0. The van der Waals surface area contributed by atoms with E-state index in [9.17, 15) is 0 Å². The van der Waals surface area contributed by atoms with Crippen molar-refractivity contribution in [2.45, 2.75) is 0 Å². The maximum atomic E-state index is 6.82. The van der Waals surface area contributed by atoms with E-state index in [4.69, 9.17) is 9.47 Å². The molecule has 10 rings (SSSR count). The summed E-state index contributed by atoms with van der Waals surface area (Å²) in [5.74, 6) is 3.15. The number of rotatable bonds is 4. The molecule has 0 amide bonds. The number of ether oxygens (including phenoxy) is 2. The van der Waals surface area contributed by atoms with E-state index in [1.54, 1.807) is 0 Å². The highest BCUT2D eigenvalue weighted by atomic mass is 16.5. The first-order valence-corrected chi connectivity index (χ1v) is 16.6. The van der Waals surface area contributed by atoms with Gasteiger partial charge in [0, 0.05) is 0 Å². The van der Waals surface area contributed by atoms with E-state index >= 15 is 0 Å². The van der Waals surface area contributed by atoms with Crippen molar-refractivity contribution < 1.29 is 9.47 Å². The Balaban J connectivity index is 1.11. The van der Waals surface area contributed by atoms with Gasteiger partial charge in [0.05, 0.1) is 11.4 Å². The highest BCUT2D eigenvalue weighted by Crippen LogP contribution is 2.61. The van der Waals surface area contributed by atoms with Crippen molar-refractivity contribution in [2.75, 3.05) is 4.90 Å². The summed E-state index contributed by atoms with van der Waals surface area (Å²) in [6.45, 7) is 0. The summed E-state index contributed by atoms with van der Waals surface area (Å²) in [5.41, 5.74) is 11.9. The van der Waals surface area contributed by atoms with Crippen molar-refractivity contribution in [3.8, 4) is 67.5 Å². The van der Waals surface area contributed by atoms with Crippen molar-refractivity contribution in [3.63, 3.8) is 0 Å². The van der Waals surface area contributed by atoms with E-state index in [1.807, 2.05) is 12.1 Å². The van der Waals surface area contributed by atoms with Crippen LogP contribution in [0.2, 0.25) is 0 Å². The Morgan fingerprint density at radius 2 is 0.694 bits per heavy atom. The average molecular weight is 628 g/mol. The minimum Gasteiger partial charge on any atom is -0.453 e. The highest BCUT2D eigenvalue weighted by Gasteiger charge is 2.35. The van der Waals surface area contributed by atoms with Crippen LogP contribution in [0.4, 0.5) is 17.1 Å². The molecule has 3 nitrogen and oxygen atoms in total. The fraction of sp³-hybridized carbons (Fsp3) is 0. The number of anilines is 3. The average Bonchev–Trinajstić information content (AvgIpc) is 3.17. The quantitative estimate of drug-likeness (QED) is 0.194. The molecule has 2 heterocycles. The first-order chi connectivity index (χ1) is 24.2. The van der Waals surface area contributed by atoms with Gasteiger partial charge in [0.2, 0.25) is 0 Å². The van der Waals surface area contributed by atoms with Crippen LogP contribution in [0.5, 0.6) is 23.0 Å². The minimum absolute atomic E-state index is 0.766. The van der Waals surface area contributed by atoms with E-state index in [0.717, 1.165) is 73.4 Å². The molecular formula is C46H29NO2. The summed E-state index contributed by atoms with van der Waals surface area (Å²) in [6, 6.07) is 62.0. The van der Waals surface area contributed by atoms with Gasteiger partial charge in [-0.25, -0.2) is 0 Å². The van der Waals surface area contributed by atoms with Crippen LogP contribution < -0.4 is 14.4 Å². The molecule has 49 heavy (non-hydrogen) atoms. The van der Waals surface area contributed by atoms with Crippen LogP contribution in [-0.4, -0.2) is 0 Å². The van der Waals surface area contributed by atoms with Gasteiger partial charge in [-0.05, 0) is 97.7 Å². The molecule has 8 aromatic rings. The van der Waals surface area contributed by atoms with Crippen molar-refractivity contribution in [1.29, 1.82) is 0 Å². The lowest BCUT2D eigenvalue weighted by molar-refractivity contribution is 0.446. The molecule has 0 N–H and O–H groups in total. The second-order valence-corrected chi connectivity index (χ2v) is 12.6. The molecule has 8 aromatic carbocycles. The minimum atomic E-state index is 0.766. The van der Waals surface area contributed by atoms with Crippen LogP contribution in [0.25, 0.3) is 55.3 Å². The van der Waals surface area contributed by atoms with E-state index in [2.05, 4.69) is 169 Å². The van der Waals surface area contributed by atoms with Crippen LogP contribution in [-0.2, 0) is 0 Å². The summed E-state index contributed by atoms with van der Waals surface area (Å²) in [7, 11) is 0. The molecule has 0 unspecified atom stereocenters. The molecule has 0 bridgehead atoms. The molecule has 230 valence electrons. The maximum Gasteiger partial charge on any atom is 0.156 e. The van der Waals surface area contributed by atoms with E-state index < -0.39 is 0 Å². The maximum absolute atomic E-state index is 6.82. The second kappa shape index (κ2) is 11.0. The van der Waals surface area contributed by atoms with Gasteiger partial charge in [0.15, 0.2) is 23.0 Å². The zero-order chi connectivity index (χ0) is 32.3. The molecule has 0 aromatic heterocycles. The third kappa shape index (κ3) is 4.67. The van der Waals surface area contributed by atoms with Gasteiger partial charge in [-0.1, -0.05) is 133 Å². The normalized spacial score (nSPS) is 12.4. The number of fused-ring (bicyclic) bond motifs is 5. The van der Waals surface area contributed by atoms with Crippen LogP contribution in [0.15, 0.2) is 176 Å². The summed E-state index contributed by atoms with van der Waals surface area (Å²) in [5, 5.41) is 2.41. The molecule has 0 aliphatic carbocycles. The Morgan fingerprint density at radius 3 is 1.29 bits per heavy atom. The Labute approximate surface area is 284 Å². The molecular weight excluding hydrogens is 599 g/mol. The van der Waals surface area contributed by atoms with E-state index in [1.165, 1.54) is 21.9 Å². The van der Waals surface area contributed by atoms with Crippen LogP contribution >= 0.6 is 0 Å². The number of hydrogen-bond acceptors (Lipinski definition) is 3. The molecule has 3 heteroatoms. The topological polar surface area (TPSA) is 21.7 Å². The van der Waals surface area contributed by atoms with Gasteiger partial charge in [-0.15, -0.1) is 0 Å². The van der Waals surface area contributed by atoms with Gasteiger partial charge in [0.1, 0.15) is 5.69 Å². The van der Waals surface area contributed by atoms with Crippen molar-refractivity contribution in [2.24, 2.45) is 0 Å². The predicted molar refractivity (Wildman–Crippen MR) is 201 cm³/mol. The summed E-state index contributed by atoms with van der Waals surface area (Å²) in [4.78, 5) is 2.30. The Bertz CT molecular complexity index is 2540. The van der Waals surface area contributed by atoms with Gasteiger partial charge in [-0.2, -0.15) is 0 Å². The van der Waals surface area contributed by atoms with Gasteiger partial charge in [-0.3, -0.25) is 4.90 Å². The summed E-state index contributed by atoms with van der Waals surface area (Å²) in [6.07, 6.45) is 0. The molecule has 0 radical (unpaired) electrons. The largest absolute Gasteiger partial charge is 0.453 e. The summed E-state index contributed by atoms with van der Waals surface area (Å²) < 4.78 is 13.6. The van der Waals surface area contributed by atoms with Crippen molar-refractivity contribution >= 4 is 27.8 Å². The zero-order valence-electron chi connectivity index (χ0n) is 26.5. The Kier molecular flexibility index (Phi) is 6.18. The third-order valence-corrected chi connectivity index (χ3v) is 9.62. The van der Waals surface area contributed by atoms with Crippen molar-refractivity contribution in [3.05, 3.63) is 176 Å². The van der Waals surface area contributed by atoms with Gasteiger partial charge in [0.25, 0.3) is 0 Å². The first kappa shape index (κ1) is 27.5. The van der Waals surface area contributed by atoms with Crippen molar-refractivity contribution in [1.82, 2.24) is 0 Å². The lowest BCUT2D eigenvalue weighted by Gasteiger charge is -2.38.